The maximum absolute atomic E-state index is 14.6. The van der Waals surface area contributed by atoms with Crippen LogP contribution in [0, 0.1) is 17.6 Å². The Morgan fingerprint density at radius 1 is 1.16 bits per heavy atom. The van der Waals surface area contributed by atoms with E-state index >= 15 is 0 Å². The van der Waals surface area contributed by atoms with Crippen molar-refractivity contribution in [3.05, 3.63) is 71.3 Å². The molecule has 2 aromatic rings. The van der Waals surface area contributed by atoms with Gasteiger partial charge in [0.1, 0.15) is 17.2 Å². The Labute approximate surface area is 181 Å². The zero-order valence-corrected chi connectivity index (χ0v) is 18.2. The summed E-state index contributed by atoms with van der Waals surface area (Å²) in [6, 6.07) is 11.6. The van der Waals surface area contributed by atoms with Crippen LogP contribution in [0.15, 0.2) is 48.5 Å². The van der Waals surface area contributed by atoms with Crippen LogP contribution < -0.4 is 5.32 Å². The van der Waals surface area contributed by atoms with Crippen molar-refractivity contribution in [3.63, 3.8) is 0 Å². The fraction of sp³-hybridized carbons (Fsp3) is 0.417. The fourth-order valence-corrected chi connectivity index (χ4v) is 3.91. The third kappa shape index (κ3) is 5.40. The molecule has 0 radical (unpaired) electrons. The van der Waals surface area contributed by atoms with Crippen LogP contribution in [-0.2, 0) is 9.53 Å². The number of amides is 2. The second-order valence-corrected chi connectivity index (χ2v) is 8.80. The zero-order valence-electron chi connectivity index (χ0n) is 18.2. The molecular weight excluding hydrogens is 402 g/mol. The maximum Gasteiger partial charge on any atom is 0.408 e. The molecule has 7 heteroatoms. The van der Waals surface area contributed by atoms with Crippen molar-refractivity contribution in [2.24, 2.45) is 5.92 Å². The molecule has 31 heavy (non-hydrogen) atoms. The summed E-state index contributed by atoms with van der Waals surface area (Å²) < 4.78 is 33.4. The molecule has 3 rings (SSSR count). The van der Waals surface area contributed by atoms with Gasteiger partial charge < -0.3 is 15.0 Å². The number of hydrogen-bond acceptors (Lipinski definition) is 3. The molecule has 3 atom stereocenters. The molecule has 0 aromatic heterocycles. The highest BCUT2D eigenvalue weighted by molar-refractivity contribution is 5.83. The number of nitrogens with one attached hydrogen (secondary N) is 1. The SMILES string of the molecule is C[C@H](c1ccccc1)N1CC[C@H](C(NC(=O)OC(C)(C)C)c2ccc(F)cc2F)C1=O. The fourth-order valence-electron chi connectivity index (χ4n) is 3.91. The largest absolute Gasteiger partial charge is 0.444 e. The van der Waals surface area contributed by atoms with Crippen molar-refractivity contribution in [2.75, 3.05) is 6.54 Å². The van der Waals surface area contributed by atoms with Crippen LogP contribution in [0.5, 0.6) is 0 Å². The number of rotatable bonds is 5. The Morgan fingerprint density at radius 2 is 1.84 bits per heavy atom. The van der Waals surface area contributed by atoms with Crippen LogP contribution in [0.3, 0.4) is 0 Å². The predicted octanol–water partition coefficient (Wildman–Crippen LogP) is 5.14. The molecule has 166 valence electrons. The van der Waals surface area contributed by atoms with Gasteiger partial charge in [-0.05, 0) is 45.7 Å². The summed E-state index contributed by atoms with van der Waals surface area (Å²) in [6.07, 6.45) is -0.337. The zero-order chi connectivity index (χ0) is 22.8. The molecule has 0 spiro atoms. The van der Waals surface area contributed by atoms with Crippen molar-refractivity contribution >= 4 is 12.0 Å². The van der Waals surface area contributed by atoms with Crippen LogP contribution in [0.2, 0.25) is 0 Å². The van der Waals surface area contributed by atoms with E-state index in [9.17, 15) is 18.4 Å². The molecule has 1 fully saturated rings. The molecule has 1 aliphatic rings. The normalized spacial score (nSPS) is 18.6. The monoisotopic (exact) mass is 430 g/mol. The van der Waals surface area contributed by atoms with E-state index in [4.69, 9.17) is 4.74 Å². The Kier molecular flexibility index (Phi) is 6.62. The average Bonchev–Trinajstić information content (AvgIpc) is 3.06. The lowest BCUT2D eigenvalue weighted by atomic mass is 9.91. The highest BCUT2D eigenvalue weighted by Crippen LogP contribution is 2.36. The van der Waals surface area contributed by atoms with Crippen molar-refractivity contribution < 1.29 is 23.1 Å². The first-order chi connectivity index (χ1) is 14.6. The van der Waals surface area contributed by atoms with Crippen LogP contribution in [0.4, 0.5) is 13.6 Å². The summed E-state index contributed by atoms with van der Waals surface area (Å²) in [6.45, 7) is 7.54. The Morgan fingerprint density at radius 3 is 2.45 bits per heavy atom. The van der Waals surface area contributed by atoms with E-state index in [-0.39, 0.29) is 17.5 Å². The van der Waals surface area contributed by atoms with E-state index in [0.717, 1.165) is 17.7 Å². The molecule has 1 heterocycles. The van der Waals surface area contributed by atoms with Crippen molar-refractivity contribution in [3.8, 4) is 0 Å². The first-order valence-electron chi connectivity index (χ1n) is 10.4. The number of ether oxygens (including phenoxy) is 1. The lowest BCUT2D eigenvalue weighted by Gasteiger charge is -2.29. The molecule has 5 nitrogen and oxygen atoms in total. The number of halogens is 2. The minimum absolute atomic E-state index is 0.0554. The number of alkyl carbamates (subject to hydrolysis) is 1. The number of likely N-dealkylation sites (tertiary alicyclic amines) is 1. The third-order valence-corrected chi connectivity index (χ3v) is 5.40. The van der Waals surface area contributed by atoms with Crippen LogP contribution >= 0.6 is 0 Å². The molecule has 0 saturated carbocycles. The van der Waals surface area contributed by atoms with Gasteiger partial charge in [0.05, 0.1) is 18.0 Å². The summed E-state index contributed by atoms with van der Waals surface area (Å²) in [5, 5.41) is 2.65. The van der Waals surface area contributed by atoms with Gasteiger partial charge in [-0.1, -0.05) is 36.4 Å². The lowest BCUT2D eigenvalue weighted by Crippen LogP contribution is -2.41. The van der Waals surface area contributed by atoms with Gasteiger partial charge >= 0.3 is 6.09 Å². The average molecular weight is 430 g/mol. The molecular formula is C24H28F2N2O3. The van der Waals surface area contributed by atoms with E-state index in [1.54, 1.807) is 25.7 Å². The molecule has 1 aliphatic heterocycles. The number of carbonyl (C=O) groups excluding carboxylic acids is 2. The van der Waals surface area contributed by atoms with Gasteiger partial charge in [-0.25, -0.2) is 13.6 Å². The van der Waals surface area contributed by atoms with Gasteiger partial charge in [0.15, 0.2) is 0 Å². The predicted molar refractivity (Wildman–Crippen MR) is 113 cm³/mol. The lowest BCUT2D eigenvalue weighted by molar-refractivity contribution is -0.133. The number of carbonyl (C=O) groups is 2. The van der Waals surface area contributed by atoms with Gasteiger partial charge in [0.25, 0.3) is 0 Å². The van der Waals surface area contributed by atoms with Gasteiger partial charge in [-0.3, -0.25) is 4.79 Å². The molecule has 2 aromatic carbocycles. The van der Waals surface area contributed by atoms with E-state index in [1.165, 1.54) is 6.07 Å². The Bertz CT molecular complexity index is 944. The molecule has 0 bridgehead atoms. The first kappa shape index (κ1) is 22.7. The van der Waals surface area contributed by atoms with Crippen LogP contribution in [0.1, 0.15) is 57.3 Å². The molecule has 1 unspecified atom stereocenters. The van der Waals surface area contributed by atoms with E-state index in [2.05, 4.69) is 5.32 Å². The summed E-state index contributed by atoms with van der Waals surface area (Å²) in [7, 11) is 0. The molecule has 1 N–H and O–H groups in total. The minimum atomic E-state index is -0.976. The first-order valence-corrected chi connectivity index (χ1v) is 10.4. The van der Waals surface area contributed by atoms with Gasteiger partial charge in [0.2, 0.25) is 5.91 Å². The minimum Gasteiger partial charge on any atom is -0.444 e. The summed E-state index contributed by atoms with van der Waals surface area (Å²) in [5.74, 6) is -2.43. The van der Waals surface area contributed by atoms with Crippen molar-refractivity contribution in [1.82, 2.24) is 10.2 Å². The summed E-state index contributed by atoms with van der Waals surface area (Å²) in [4.78, 5) is 27.5. The van der Waals surface area contributed by atoms with Crippen LogP contribution in [0.25, 0.3) is 0 Å². The number of nitrogens with zero attached hydrogens (tertiary/aromatic N) is 1. The standard InChI is InChI=1S/C24H28F2N2O3/c1-15(16-8-6-5-7-9-16)28-13-12-19(22(28)29)21(27-23(30)31-24(2,3)4)18-11-10-17(25)14-20(18)26/h5-11,14-15,19,21H,12-13H2,1-4H3,(H,27,30)/t15-,19-,21?/m1/s1. The van der Waals surface area contributed by atoms with Crippen molar-refractivity contribution in [2.45, 2.75) is 51.8 Å². The molecule has 2 amide bonds. The highest BCUT2D eigenvalue weighted by atomic mass is 19.1. The second-order valence-electron chi connectivity index (χ2n) is 8.80. The Balaban J connectivity index is 1.88. The van der Waals surface area contributed by atoms with Crippen LogP contribution in [-0.4, -0.2) is 29.0 Å². The van der Waals surface area contributed by atoms with E-state index < -0.39 is 35.3 Å². The third-order valence-electron chi connectivity index (χ3n) is 5.40. The van der Waals surface area contributed by atoms with E-state index in [0.29, 0.717) is 13.0 Å². The quantitative estimate of drug-likeness (QED) is 0.715. The highest BCUT2D eigenvalue weighted by Gasteiger charge is 2.42. The summed E-state index contributed by atoms with van der Waals surface area (Å²) >= 11 is 0. The molecule has 1 saturated heterocycles. The smallest absolute Gasteiger partial charge is 0.408 e. The maximum atomic E-state index is 14.6. The topological polar surface area (TPSA) is 58.6 Å². The molecule has 0 aliphatic carbocycles. The van der Waals surface area contributed by atoms with Crippen molar-refractivity contribution in [1.29, 1.82) is 0 Å². The van der Waals surface area contributed by atoms with E-state index in [1.807, 2.05) is 37.3 Å². The second kappa shape index (κ2) is 9.04. The number of benzene rings is 2. The van der Waals surface area contributed by atoms with Gasteiger partial charge in [0, 0.05) is 18.2 Å². The summed E-state index contributed by atoms with van der Waals surface area (Å²) in [5.41, 5.74) is 0.282. The number of hydrogen-bond donors (Lipinski definition) is 1. The van der Waals surface area contributed by atoms with Gasteiger partial charge in [-0.15, -0.1) is 0 Å². The Hall–Kier alpha value is -2.96. The van der Waals surface area contributed by atoms with Gasteiger partial charge in [-0.2, -0.15) is 0 Å².